The van der Waals surface area contributed by atoms with E-state index in [2.05, 4.69) is 5.32 Å². The van der Waals surface area contributed by atoms with E-state index in [9.17, 15) is 22.4 Å². The number of nitrogens with one attached hydrogen (secondary N) is 1. The summed E-state index contributed by atoms with van der Waals surface area (Å²) in [5.74, 6) is -0.839. The van der Waals surface area contributed by atoms with Gasteiger partial charge in [0.05, 0.1) is 17.2 Å². The Morgan fingerprint density at radius 1 is 0.952 bits per heavy atom. The van der Waals surface area contributed by atoms with Crippen molar-refractivity contribution in [2.24, 2.45) is 0 Å². The quantitative estimate of drug-likeness (QED) is 0.242. The first-order chi connectivity index (χ1) is 20.0. The number of ether oxygens (including phenoxy) is 1. The van der Waals surface area contributed by atoms with Crippen LogP contribution in [0.5, 0.6) is 5.75 Å². The predicted octanol–water partition coefficient (Wildman–Crippen LogP) is 5.47. The minimum Gasteiger partial charge on any atom is -0.494 e. The summed E-state index contributed by atoms with van der Waals surface area (Å²) in [5.41, 5.74) is 0.857. The van der Waals surface area contributed by atoms with E-state index in [4.69, 9.17) is 4.74 Å². The molecule has 0 aliphatic rings. The molecule has 3 rings (SSSR count). The molecule has 226 valence electrons. The van der Waals surface area contributed by atoms with Crippen LogP contribution in [0.4, 0.5) is 10.1 Å². The number of thioether (sulfide) groups is 1. The Labute approximate surface area is 252 Å². The first-order valence-electron chi connectivity index (χ1n) is 13.7. The summed E-state index contributed by atoms with van der Waals surface area (Å²) in [6.07, 6.45) is 2.59. The molecule has 11 heteroatoms. The molecule has 0 heterocycles. The summed E-state index contributed by atoms with van der Waals surface area (Å²) in [5, 5.41) is 2.89. The lowest BCUT2D eigenvalue weighted by molar-refractivity contribution is -0.139. The van der Waals surface area contributed by atoms with E-state index in [0.29, 0.717) is 24.3 Å². The van der Waals surface area contributed by atoms with Crippen molar-refractivity contribution in [2.45, 2.75) is 62.5 Å². The number of halogens is 1. The Kier molecular flexibility index (Phi) is 11.8. The van der Waals surface area contributed by atoms with Gasteiger partial charge in [0.2, 0.25) is 11.8 Å². The van der Waals surface area contributed by atoms with Crippen molar-refractivity contribution >= 4 is 39.3 Å². The van der Waals surface area contributed by atoms with E-state index >= 15 is 0 Å². The van der Waals surface area contributed by atoms with Crippen LogP contribution < -0.4 is 14.4 Å². The number of carbonyl (C=O) groups is 2. The van der Waals surface area contributed by atoms with Gasteiger partial charge in [0.25, 0.3) is 10.0 Å². The highest BCUT2D eigenvalue weighted by molar-refractivity contribution is 7.98. The summed E-state index contributed by atoms with van der Waals surface area (Å²) in [7, 11) is -4.19. The van der Waals surface area contributed by atoms with Gasteiger partial charge in [0, 0.05) is 17.5 Å². The largest absolute Gasteiger partial charge is 0.494 e. The van der Waals surface area contributed by atoms with Gasteiger partial charge in [-0.15, -0.1) is 11.8 Å². The molecular weight excluding hydrogens is 577 g/mol. The van der Waals surface area contributed by atoms with Gasteiger partial charge >= 0.3 is 0 Å². The average Bonchev–Trinajstić information content (AvgIpc) is 2.99. The van der Waals surface area contributed by atoms with Crippen LogP contribution in [0.25, 0.3) is 0 Å². The maximum Gasteiger partial charge on any atom is 0.264 e. The molecule has 1 N–H and O–H groups in total. The lowest BCUT2D eigenvalue weighted by atomic mass is 10.1. The number of hydrogen-bond donors (Lipinski definition) is 1. The molecule has 0 aliphatic carbocycles. The van der Waals surface area contributed by atoms with Crippen molar-refractivity contribution in [1.82, 2.24) is 10.2 Å². The molecule has 0 saturated carbocycles. The number of benzene rings is 3. The van der Waals surface area contributed by atoms with Crippen molar-refractivity contribution in [2.75, 3.05) is 23.7 Å². The number of nitrogens with zero attached hydrogens (tertiary/aromatic N) is 2. The molecule has 0 aliphatic heterocycles. The van der Waals surface area contributed by atoms with E-state index in [1.54, 1.807) is 43.3 Å². The highest BCUT2D eigenvalue weighted by atomic mass is 32.2. The van der Waals surface area contributed by atoms with Crippen LogP contribution in [-0.2, 0) is 26.2 Å². The minimum atomic E-state index is -4.19. The molecule has 0 fully saturated rings. The molecule has 0 unspecified atom stereocenters. The number of amides is 2. The molecule has 8 nitrogen and oxygen atoms in total. The maximum atomic E-state index is 14.0. The Morgan fingerprint density at radius 3 is 2.12 bits per heavy atom. The molecule has 0 radical (unpaired) electrons. The SMILES string of the molecule is CCOc1ccc(N(CC(=O)N(Cc2ccc(F)cc2)[C@H](C)C(=O)N[C@H](C)CC)S(=O)(=O)c2ccc(SC)cc2)cc1. The number of hydrogen-bond acceptors (Lipinski definition) is 6. The van der Waals surface area contributed by atoms with Gasteiger partial charge < -0.3 is 15.0 Å². The van der Waals surface area contributed by atoms with E-state index in [-0.39, 0.29) is 29.1 Å². The van der Waals surface area contributed by atoms with Crippen LogP contribution >= 0.6 is 11.8 Å². The van der Waals surface area contributed by atoms with Gasteiger partial charge in [-0.1, -0.05) is 19.1 Å². The third kappa shape index (κ3) is 8.48. The minimum absolute atomic E-state index is 0.0200. The van der Waals surface area contributed by atoms with Gasteiger partial charge in [-0.25, -0.2) is 12.8 Å². The van der Waals surface area contributed by atoms with E-state index in [1.165, 1.54) is 53.1 Å². The van der Waals surface area contributed by atoms with Gasteiger partial charge in [-0.05, 0) is 99.7 Å². The molecule has 3 aromatic rings. The summed E-state index contributed by atoms with van der Waals surface area (Å²) in [6, 6.07) is 17.4. The number of sulfonamides is 1. The molecule has 0 aromatic heterocycles. The molecule has 2 amide bonds. The maximum absolute atomic E-state index is 14.0. The lowest BCUT2D eigenvalue weighted by Gasteiger charge is -2.32. The van der Waals surface area contributed by atoms with Crippen molar-refractivity contribution in [3.63, 3.8) is 0 Å². The second kappa shape index (κ2) is 15.1. The standard InChI is InChI=1S/C31H38FN3O5S2/c1-6-22(3)33-31(37)23(4)34(20-24-8-10-25(32)11-9-24)30(36)21-35(26-12-14-27(15-13-26)40-7-2)42(38,39)29-18-16-28(41-5)17-19-29/h8-19,22-23H,6-7,20-21H2,1-5H3,(H,33,37)/t22-,23-/m1/s1. The van der Waals surface area contributed by atoms with E-state index in [1.807, 2.05) is 27.0 Å². The van der Waals surface area contributed by atoms with Gasteiger partial charge in [0.1, 0.15) is 24.2 Å². The smallest absolute Gasteiger partial charge is 0.264 e. The molecule has 0 bridgehead atoms. The Morgan fingerprint density at radius 2 is 1.57 bits per heavy atom. The average molecular weight is 616 g/mol. The third-order valence-corrected chi connectivity index (χ3v) is 9.33. The Hall–Kier alpha value is -3.57. The predicted molar refractivity (Wildman–Crippen MR) is 165 cm³/mol. The summed E-state index contributed by atoms with van der Waals surface area (Å²) >= 11 is 1.48. The van der Waals surface area contributed by atoms with E-state index < -0.39 is 34.3 Å². The highest BCUT2D eigenvalue weighted by Gasteiger charge is 2.33. The Balaban J connectivity index is 2.03. The zero-order chi connectivity index (χ0) is 30.9. The monoisotopic (exact) mass is 615 g/mol. The second-order valence-electron chi connectivity index (χ2n) is 9.76. The van der Waals surface area contributed by atoms with Gasteiger partial charge in [0.15, 0.2) is 0 Å². The molecule has 0 saturated heterocycles. The zero-order valence-electron chi connectivity index (χ0n) is 24.5. The van der Waals surface area contributed by atoms with Crippen molar-refractivity contribution < 1.29 is 27.1 Å². The van der Waals surface area contributed by atoms with Gasteiger partial charge in [-0.2, -0.15) is 0 Å². The number of rotatable bonds is 14. The van der Waals surface area contributed by atoms with Crippen LogP contribution in [0, 0.1) is 5.82 Å². The fourth-order valence-corrected chi connectivity index (χ4v) is 5.94. The lowest BCUT2D eigenvalue weighted by Crippen LogP contribution is -2.52. The molecule has 2 atom stereocenters. The summed E-state index contributed by atoms with van der Waals surface area (Å²) in [4.78, 5) is 29.3. The van der Waals surface area contributed by atoms with Crippen LogP contribution in [0.2, 0.25) is 0 Å². The summed E-state index contributed by atoms with van der Waals surface area (Å²) < 4.78 is 48.1. The fourth-order valence-electron chi connectivity index (χ4n) is 4.11. The van der Waals surface area contributed by atoms with Crippen molar-refractivity contribution in [1.29, 1.82) is 0 Å². The van der Waals surface area contributed by atoms with Crippen molar-refractivity contribution in [3.05, 3.63) is 84.2 Å². The fraction of sp³-hybridized carbons (Fsp3) is 0.355. The van der Waals surface area contributed by atoms with Crippen molar-refractivity contribution in [3.8, 4) is 5.75 Å². The van der Waals surface area contributed by atoms with Crippen LogP contribution in [0.3, 0.4) is 0 Å². The normalized spacial score (nSPS) is 12.7. The Bertz CT molecular complexity index is 1430. The third-order valence-electron chi connectivity index (χ3n) is 6.80. The molecule has 3 aromatic carbocycles. The van der Waals surface area contributed by atoms with Crippen LogP contribution in [-0.4, -0.2) is 56.6 Å². The van der Waals surface area contributed by atoms with Crippen LogP contribution in [0.15, 0.2) is 82.6 Å². The zero-order valence-corrected chi connectivity index (χ0v) is 26.2. The first kappa shape index (κ1) is 32.9. The molecular formula is C31H38FN3O5S2. The number of carbonyl (C=O) groups excluding carboxylic acids is 2. The first-order valence-corrected chi connectivity index (χ1v) is 16.4. The van der Waals surface area contributed by atoms with Gasteiger partial charge in [-0.3, -0.25) is 13.9 Å². The summed E-state index contributed by atoms with van der Waals surface area (Å²) in [6.45, 7) is 7.08. The van der Waals surface area contributed by atoms with E-state index in [0.717, 1.165) is 9.20 Å². The molecule has 42 heavy (non-hydrogen) atoms. The van der Waals surface area contributed by atoms with Crippen LogP contribution in [0.1, 0.15) is 39.7 Å². The number of anilines is 1. The highest BCUT2D eigenvalue weighted by Crippen LogP contribution is 2.28. The molecule has 0 spiro atoms. The second-order valence-corrected chi connectivity index (χ2v) is 12.5. The topological polar surface area (TPSA) is 96.0 Å².